The molecule has 1 unspecified atom stereocenters. The molecule has 8 heteroatoms. The monoisotopic (exact) mass is 532 g/mol. The van der Waals surface area contributed by atoms with Gasteiger partial charge in [0, 0.05) is 12.2 Å². The van der Waals surface area contributed by atoms with Gasteiger partial charge in [0.1, 0.15) is 6.04 Å². The van der Waals surface area contributed by atoms with E-state index in [1.165, 1.54) is 12.1 Å². The molecule has 1 aliphatic rings. The van der Waals surface area contributed by atoms with Gasteiger partial charge in [-0.2, -0.15) is 13.1 Å². The molecular weight excluding hydrogens is 513 g/mol. The number of benzene rings is 1. The third-order valence-corrected chi connectivity index (χ3v) is 2.70. The van der Waals surface area contributed by atoms with Crippen molar-refractivity contribution in [3.8, 4) is 0 Å². The smallest absolute Gasteiger partial charge is 0.664 e. The Morgan fingerprint density at radius 1 is 1.55 bits per heavy atom. The van der Waals surface area contributed by atoms with Crippen molar-refractivity contribution in [2.45, 2.75) is 18.9 Å². The van der Waals surface area contributed by atoms with E-state index in [4.69, 9.17) is 5.73 Å². The van der Waals surface area contributed by atoms with Gasteiger partial charge >= 0.3 is 31.1 Å². The predicted octanol–water partition coefficient (Wildman–Crippen LogP) is 0.792. The Labute approximate surface area is 153 Å². The van der Waals surface area contributed by atoms with Gasteiger partial charge in [0.25, 0.3) is 0 Å². The minimum absolute atomic E-state index is 0. The molecule has 1 saturated heterocycles. The van der Waals surface area contributed by atoms with Gasteiger partial charge in [-0.3, -0.25) is 14.9 Å². The van der Waals surface area contributed by atoms with E-state index in [1.54, 1.807) is 13.1 Å². The molecule has 1 aliphatic heterocycles. The summed E-state index contributed by atoms with van der Waals surface area (Å²) in [5.74, 6) is -1.13. The second kappa shape index (κ2) is 11.6. The number of imide groups is 1. The summed E-state index contributed by atoms with van der Waals surface area (Å²) in [7, 11) is 1.76. The molecule has 1 aromatic rings. The third kappa shape index (κ3) is 7.90. The normalized spacial score (nSPS) is 16.8. The number of anilines is 1. The van der Waals surface area contributed by atoms with Crippen LogP contribution >= 0.6 is 0 Å². The van der Waals surface area contributed by atoms with Crippen LogP contribution in [0.25, 0.3) is 5.32 Å². The van der Waals surface area contributed by atoms with E-state index in [2.05, 4.69) is 22.0 Å². The molecule has 0 radical (unpaired) electrons. The topological polar surface area (TPSA) is 98.3 Å². The van der Waals surface area contributed by atoms with E-state index in [9.17, 15) is 14.0 Å². The van der Waals surface area contributed by atoms with Gasteiger partial charge in [-0.05, 0) is 13.0 Å². The Kier molecular flexibility index (Phi) is 11.1. The fourth-order valence-electron chi connectivity index (χ4n) is 1.69. The van der Waals surface area contributed by atoms with E-state index in [0.717, 1.165) is 6.54 Å². The third-order valence-electron chi connectivity index (χ3n) is 2.70. The van der Waals surface area contributed by atoms with Gasteiger partial charge in [-0.25, -0.2) is 4.39 Å². The van der Waals surface area contributed by atoms with Crippen molar-refractivity contribution in [3.05, 3.63) is 35.4 Å². The van der Waals surface area contributed by atoms with Crippen molar-refractivity contribution < 1.29 is 45.1 Å². The number of carbonyl (C=O) groups excluding carboxylic acids is 2. The first-order chi connectivity index (χ1) is 10.1. The molecule has 118 valence electrons. The summed E-state index contributed by atoms with van der Waals surface area (Å²) in [5.41, 5.74) is 5.55. The zero-order chi connectivity index (χ0) is 15.7. The molecule has 1 aromatic carbocycles. The first-order valence-corrected chi connectivity index (χ1v) is 6.60. The molecule has 1 heterocycles. The maximum atomic E-state index is 12.8. The van der Waals surface area contributed by atoms with Gasteiger partial charge in [0.15, 0.2) is 0 Å². The van der Waals surface area contributed by atoms with E-state index < -0.39 is 11.9 Å². The van der Waals surface area contributed by atoms with Crippen LogP contribution in [0.2, 0.25) is 0 Å². The molecule has 2 rings (SSSR count). The van der Waals surface area contributed by atoms with Crippen LogP contribution in [0.15, 0.2) is 18.2 Å². The Morgan fingerprint density at radius 2 is 2.27 bits per heavy atom. The molecule has 1 atom stereocenters. The van der Waals surface area contributed by atoms with Crippen LogP contribution in [0, 0.1) is 43.0 Å². The maximum Gasteiger partial charge on any atom is 2.00 e. The molecule has 22 heavy (non-hydrogen) atoms. The van der Waals surface area contributed by atoms with Crippen molar-refractivity contribution in [1.82, 2.24) is 5.32 Å². The van der Waals surface area contributed by atoms with E-state index in [-0.39, 0.29) is 42.9 Å². The van der Waals surface area contributed by atoms with Crippen LogP contribution in [0.5, 0.6) is 0 Å². The average molecular weight is 532 g/mol. The number of likely N-dealkylation sites (N-methyl/N-ethyl adjacent to an activating group) is 1. The number of amides is 2. The summed E-state index contributed by atoms with van der Waals surface area (Å²) in [6, 6.07) is 6.18. The number of hydrogen-bond donors (Lipinski definition) is 3. The molecule has 0 aromatic heterocycles. The van der Waals surface area contributed by atoms with E-state index >= 15 is 0 Å². The Morgan fingerprint density at radius 3 is 2.77 bits per heavy atom. The minimum atomic E-state index is -0.489. The zero-order valence-corrected chi connectivity index (χ0v) is 16.5. The number of halogens is 1. The summed E-state index contributed by atoms with van der Waals surface area (Å²) >= 11 is 0. The molecule has 2 amide bonds. The number of rotatable bonds is 4. The van der Waals surface area contributed by atoms with Gasteiger partial charge in [-0.15, -0.1) is 24.7 Å². The standard InChI is InChI=1S/C11H10FN2O2.C3H9N2.U/c12-7-2-1-3-8(6-7)13-9-4-5-10(15)14-11(9)16;1-5-3-2-4;/h1,3,6,9,13H,4-5H2,(H,14,15,16);2-4H2,1H3;/q2*-1;+2. The van der Waals surface area contributed by atoms with Gasteiger partial charge < -0.3 is 16.4 Å². The maximum absolute atomic E-state index is 12.8. The molecular formula is C14H19FN4O2U. The number of nitrogens with one attached hydrogen (secondary N) is 2. The number of nitrogens with two attached hydrogens (primary N) is 1. The van der Waals surface area contributed by atoms with Crippen LogP contribution in [0.1, 0.15) is 12.8 Å². The van der Waals surface area contributed by atoms with E-state index in [1.807, 2.05) is 0 Å². The van der Waals surface area contributed by atoms with Crippen LogP contribution in [-0.4, -0.2) is 38.0 Å². The second-order valence-corrected chi connectivity index (χ2v) is 4.40. The van der Waals surface area contributed by atoms with Crippen molar-refractivity contribution in [2.24, 2.45) is 5.73 Å². The summed E-state index contributed by atoms with van der Waals surface area (Å²) in [6.07, 6.45) is 0.718. The molecule has 6 nitrogen and oxygen atoms in total. The Balaban J connectivity index is 0.000000644. The van der Waals surface area contributed by atoms with E-state index in [0.29, 0.717) is 25.1 Å². The number of carbonyl (C=O) groups is 2. The minimum Gasteiger partial charge on any atom is -0.664 e. The van der Waals surface area contributed by atoms with Crippen LogP contribution in [0.3, 0.4) is 0 Å². The summed E-state index contributed by atoms with van der Waals surface area (Å²) in [6.45, 7) is 1.47. The predicted molar refractivity (Wildman–Crippen MR) is 78.2 cm³/mol. The Bertz CT molecular complexity index is 486. The quantitative estimate of drug-likeness (QED) is 0.395. The summed E-state index contributed by atoms with van der Waals surface area (Å²) in [4.78, 5) is 22.3. The van der Waals surface area contributed by atoms with Crippen LogP contribution in [0.4, 0.5) is 10.1 Å². The molecule has 0 bridgehead atoms. The van der Waals surface area contributed by atoms with Crippen molar-refractivity contribution >= 4 is 17.5 Å². The zero-order valence-electron chi connectivity index (χ0n) is 12.4. The number of nitrogens with zero attached hydrogens (tertiary/aromatic N) is 1. The molecule has 1 fully saturated rings. The number of hydrogen-bond acceptors (Lipinski definition) is 4. The molecule has 0 spiro atoms. The van der Waals surface area contributed by atoms with Crippen LogP contribution in [-0.2, 0) is 9.59 Å². The number of piperidine rings is 1. The van der Waals surface area contributed by atoms with Crippen molar-refractivity contribution in [3.63, 3.8) is 0 Å². The molecule has 4 N–H and O–H groups in total. The van der Waals surface area contributed by atoms with Crippen molar-refractivity contribution in [2.75, 3.05) is 25.5 Å². The SMILES string of the molecule is C[N-]CCN.O=C1CCC(Nc2cc[c-]c(F)c2)C(=O)N1.[U+2]. The molecule has 0 aliphatic carbocycles. The first kappa shape index (κ1) is 21.1. The fraction of sp³-hybridized carbons (Fsp3) is 0.429. The molecule has 0 saturated carbocycles. The van der Waals surface area contributed by atoms with Gasteiger partial charge in [0.2, 0.25) is 11.8 Å². The fourth-order valence-corrected chi connectivity index (χ4v) is 1.69. The first-order valence-electron chi connectivity index (χ1n) is 6.60. The average Bonchev–Trinajstić information content (AvgIpc) is 2.44. The van der Waals surface area contributed by atoms with Gasteiger partial charge in [-0.1, -0.05) is 5.69 Å². The van der Waals surface area contributed by atoms with Crippen molar-refractivity contribution in [1.29, 1.82) is 0 Å². The summed E-state index contributed by atoms with van der Waals surface area (Å²) < 4.78 is 12.8. The largest absolute Gasteiger partial charge is 2.00 e. The van der Waals surface area contributed by atoms with Gasteiger partial charge in [0.05, 0.1) is 0 Å². The summed E-state index contributed by atoms with van der Waals surface area (Å²) in [5, 5.41) is 8.82. The second-order valence-electron chi connectivity index (χ2n) is 4.40. The Hall–Kier alpha value is -0.938. The van der Waals surface area contributed by atoms with Crippen LogP contribution < -0.4 is 16.4 Å².